The molecule has 0 saturated carbocycles. The van der Waals surface area contributed by atoms with E-state index in [1.165, 1.54) is 7.11 Å². The van der Waals surface area contributed by atoms with Gasteiger partial charge in [0, 0.05) is 6.42 Å². The van der Waals surface area contributed by atoms with Gasteiger partial charge in [0.25, 0.3) is 0 Å². The minimum absolute atomic E-state index is 0.0214. The van der Waals surface area contributed by atoms with Gasteiger partial charge in [-0.25, -0.2) is 4.79 Å². The minimum Gasteiger partial charge on any atom is -0.493 e. The van der Waals surface area contributed by atoms with Gasteiger partial charge >= 0.3 is 5.97 Å². The molecule has 1 aromatic rings. The van der Waals surface area contributed by atoms with Gasteiger partial charge in [-0.15, -0.1) is 0 Å². The molecule has 0 aromatic heterocycles. The number of hydrogen-bond donors (Lipinski definition) is 1. The Bertz CT molecular complexity index is 439. The lowest BCUT2D eigenvalue weighted by atomic mass is 10.1. The molecule has 1 N–H and O–H groups in total. The number of carboxylic acid groups (broad SMARTS) is 1. The third kappa shape index (κ3) is 3.76. The Morgan fingerprint density at radius 3 is 2.56 bits per heavy atom. The Morgan fingerprint density at radius 2 is 2.00 bits per heavy atom. The van der Waals surface area contributed by atoms with E-state index in [9.17, 15) is 9.59 Å². The molecule has 1 rings (SSSR count). The van der Waals surface area contributed by atoms with Crippen molar-refractivity contribution in [3.05, 3.63) is 23.8 Å². The van der Waals surface area contributed by atoms with Crippen LogP contribution in [0.15, 0.2) is 18.2 Å². The van der Waals surface area contributed by atoms with Crippen LogP contribution in [0.3, 0.4) is 0 Å². The Morgan fingerprint density at radius 1 is 1.28 bits per heavy atom. The first-order valence-corrected chi connectivity index (χ1v) is 5.64. The van der Waals surface area contributed by atoms with Gasteiger partial charge in [0.2, 0.25) is 5.78 Å². The van der Waals surface area contributed by atoms with Crippen molar-refractivity contribution in [2.45, 2.75) is 19.8 Å². The molecule has 0 spiro atoms. The number of hydrogen-bond acceptors (Lipinski definition) is 4. The summed E-state index contributed by atoms with van der Waals surface area (Å²) in [6.45, 7) is 2.41. The minimum atomic E-state index is -1.40. The van der Waals surface area contributed by atoms with Crippen molar-refractivity contribution in [2.24, 2.45) is 0 Å². The zero-order valence-corrected chi connectivity index (χ0v) is 10.4. The molecule has 0 aliphatic heterocycles. The third-order valence-electron chi connectivity index (χ3n) is 2.41. The first-order chi connectivity index (χ1) is 8.58. The van der Waals surface area contributed by atoms with Crippen LogP contribution in [0.5, 0.6) is 11.5 Å². The zero-order valence-electron chi connectivity index (χ0n) is 10.4. The summed E-state index contributed by atoms with van der Waals surface area (Å²) in [5.41, 5.74) is 0.838. The first-order valence-electron chi connectivity index (χ1n) is 5.64. The monoisotopic (exact) mass is 252 g/mol. The highest BCUT2D eigenvalue weighted by Gasteiger charge is 2.12. The maximum absolute atomic E-state index is 11.0. The van der Waals surface area contributed by atoms with E-state index in [1.807, 2.05) is 6.92 Å². The fraction of sp³-hybridized carbons (Fsp3) is 0.385. The summed E-state index contributed by atoms with van der Waals surface area (Å²) in [4.78, 5) is 21.4. The largest absolute Gasteiger partial charge is 0.493 e. The van der Waals surface area contributed by atoms with E-state index in [0.29, 0.717) is 24.5 Å². The topological polar surface area (TPSA) is 72.8 Å². The lowest BCUT2D eigenvalue weighted by Crippen LogP contribution is -2.12. The second kappa shape index (κ2) is 6.64. The van der Waals surface area contributed by atoms with Gasteiger partial charge < -0.3 is 14.6 Å². The highest BCUT2D eigenvalue weighted by atomic mass is 16.5. The Labute approximate surface area is 105 Å². The zero-order chi connectivity index (χ0) is 13.5. The summed E-state index contributed by atoms with van der Waals surface area (Å²) in [5.74, 6) is -0.971. The molecule has 98 valence electrons. The first kappa shape index (κ1) is 14.0. The van der Waals surface area contributed by atoms with E-state index in [-0.39, 0.29) is 6.42 Å². The Kier molecular flexibility index (Phi) is 5.17. The number of methoxy groups -OCH3 is 1. The van der Waals surface area contributed by atoms with Crippen LogP contribution in [-0.4, -0.2) is 30.6 Å². The van der Waals surface area contributed by atoms with Crippen molar-refractivity contribution in [3.63, 3.8) is 0 Å². The SMILES string of the molecule is CCOc1ccc(CCC(=O)C(=O)O)cc1OC. The fourth-order valence-electron chi connectivity index (χ4n) is 1.51. The van der Waals surface area contributed by atoms with Gasteiger partial charge in [-0.2, -0.15) is 0 Å². The van der Waals surface area contributed by atoms with Crippen molar-refractivity contribution in [1.82, 2.24) is 0 Å². The van der Waals surface area contributed by atoms with Crippen LogP contribution in [0.25, 0.3) is 0 Å². The van der Waals surface area contributed by atoms with E-state index >= 15 is 0 Å². The summed E-state index contributed by atoms with van der Waals surface area (Å²) in [6.07, 6.45) is 0.348. The van der Waals surface area contributed by atoms with Gasteiger partial charge in [-0.1, -0.05) is 6.07 Å². The molecule has 5 heteroatoms. The Balaban J connectivity index is 2.73. The molecule has 0 heterocycles. The molecule has 1 aromatic carbocycles. The molecule has 0 saturated heterocycles. The highest BCUT2D eigenvalue weighted by Crippen LogP contribution is 2.28. The van der Waals surface area contributed by atoms with Gasteiger partial charge in [0.05, 0.1) is 13.7 Å². The van der Waals surface area contributed by atoms with Crippen LogP contribution in [0.2, 0.25) is 0 Å². The van der Waals surface area contributed by atoms with Gasteiger partial charge in [-0.3, -0.25) is 4.79 Å². The summed E-state index contributed by atoms with van der Waals surface area (Å²) >= 11 is 0. The molecule has 0 bridgehead atoms. The number of carboxylic acids is 1. The second-order valence-electron chi connectivity index (χ2n) is 3.65. The molecule has 5 nitrogen and oxygen atoms in total. The van der Waals surface area contributed by atoms with Crippen molar-refractivity contribution in [2.75, 3.05) is 13.7 Å². The molecule has 0 atom stereocenters. The molecule has 0 fully saturated rings. The van der Waals surface area contributed by atoms with Crippen LogP contribution in [0, 0.1) is 0 Å². The third-order valence-corrected chi connectivity index (χ3v) is 2.41. The van der Waals surface area contributed by atoms with Crippen LogP contribution in [0.4, 0.5) is 0 Å². The van der Waals surface area contributed by atoms with Gasteiger partial charge in [0.1, 0.15) is 0 Å². The average Bonchev–Trinajstić information content (AvgIpc) is 2.37. The number of benzene rings is 1. The molecule has 0 aliphatic rings. The van der Waals surface area contributed by atoms with Crippen molar-refractivity contribution in [3.8, 4) is 11.5 Å². The molecule has 0 radical (unpaired) electrons. The lowest BCUT2D eigenvalue weighted by molar-refractivity contribution is -0.149. The molecular formula is C13H16O5. The van der Waals surface area contributed by atoms with E-state index in [1.54, 1.807) is 18.2 Å². The van der Waals surface area contributed by atoms with Crippen LogP contribution < -0.4 is 9.47 Å². The van der Waals surface area contributed by atoms with E-state index in [4.69, 9.17) is 14.6 Å². The molecule has 18 heavy (non-hydrogen) atoms. The van der Waals surface area contributed by atoms with Crippen LogP contribution in [-0.2, 0) is 16.0 Å². The average molecular weight is 252 g/mol. The number of aliphatic carboxylic acids is 1. The predicted octanol–water partition coefficient (Wildman–Crippen LogP) is 1.68. The normalized spacial score (nSPS) is 9.89. The number of rotatable bonds is 7. The van der Waals surface area contributed by atoms with E-state index in [0.717, 1.165) is 5.56 Å². The van der Waals surface area contributed by atoms with Crippen molar-refractivity contribution in [1.29, 1.82) is 0 Å². The highest BCUT2D eigenvalue weighted by molar-refractivity contribution is 6.32. The summed E-state index contributed by atoms with van der Waals surface area (Å²) in [6, 6.07) is 5.30. The molecule has 0 unspecified atom stereocenters. The maximum atomic E-state index is 11.0. The fourth-order valence-corrected chi connectivity index (χ4v) is 1.51. The Hall–Kier alpha value is -2.04. The van der Waals surface area contributed by atoms with E-state index < -0.39 is 11.8 Å². The quantitative estimate of drug-likeness (QED) is 0.747. The van der Waals surface area contributed by atoms with Crippen LogP contribution in [0.1, 0.15) is 18.9 Å². The predicted molar refractivity (Wildman–Crippen MR) is 65.1 cm³/mol. The van der Waals surface area contributed by atoms with Gasteiger partial charge in [0.15, 0.2) is 11.5 Å². The standard InChI is InChI=1S/C13H16O5/c1-3-18-11-7-5-9(8-12(11)17-2)4-6-10(14)13(15)16/h5,7-8H,3-4,6H2,1-2H3,(H,15,16). The molecule has 0 aliphatic carbocycles. The van der Waals surface area contributed by atoms with Crippen molar-refractivity contribution < 1.29 is 24.2 Å². The maximum Gasteiger partial charge on any atom is 0.372 e. The smallest absolute Gasteiger partial charge is 0.372 e. The summed E-state index contributed by atoms with van der Waals surface area (Å²) < 4.78 is 10.5. The summed E-state index contributed by atoms with van der Waals surface area (Å²) in [7, 11) is 1.53. The second-order valence-corrected chi connectivity index (χ2v) is 3.65. The summed E-state index contributed by atoms with van der Waals surface area (Å²) in [5, 5.41) is 8.48. The number of carbonyl (C=O) groups excluding carboxylic acids is 1. The lowest BCUT2D eigenvalue weighted by Gasteiger charge is -2.10. The van der Waals surface area contributed by atoms with E-state index in [2.05, 4.69) is 0 Å². The number of aryl methyl sites for hydroxylation is 1. The van der Waals surface area contributed by atoms with Gasteiger partial charge in [-0.05, 0) is 31.0 Å². The number of Topliss-reactive ketones (excluding diaryl/α,β-unsaturated/α-hetero) is 1. The number of ether oxygens (including phenoxy) is 2. The van der Waals surface area contributed by atoms with Crippen LogP contribution >= 0.6 is 0 Å². The molecular weight excluding hydrogens is 236 g/mol. The van der Waals surface area contributed by atoms with Crippen molar-refractivity contribution >= 4 is 11.8 Å². The molecule has 0 amide bonds. The number of ketones is 1. The number of carbonyl (C=O) groups is 2.